The quantitative estimate of drug-likeness (QED) is 0.187. The fraction of sp³-hybridized carbons (Fsp3) is 0.250. The van der Waals surface area contributed by atoms with E-state index in [-0.39, 0.29) is 36.3 Å². The van der Waals surface area contributed by atoms with Crippen molar-refractivity contribution in [2.24, 2.45) is 23.7 Å². The molecule has 2 heterocycles. The maximum Gasteiger partial charge on any atom is 0.246 e. The normalized spacial score (nSPS) is 27.5. The summed E-state index contributed by atoms with van der Waals surface area (Å²) in [5.41, 5.74) is 1.71. The third-order valence-corrected chi connectivity index (χ3v) is 11.3. The molecule has 4 aliphatic rings. The number of amides is 4. The van der Waals surface area contributed by atoms with Crippen LogP contribution in [0.15, 0.2) is 115 Å². The summed E-state index contributed by atoms with van der Waals surface area (Å²) in [6, 6.07) is 29.4. The van der Waals surface area contributed by atoms with Gasteiger partial charge in [0.15, 0.2) is 0 Å². The minimum Gasteiger partial charge on any atom is -0.508 e. The molecule has 4 aromatic rings. The number of benzene rings is 4. The Labute approximate surface area is 288 Å². The molecule has 0 radical (unpaired) electrons. The molecule has 0 bridgehead atoms. The molecule has 0 spiro atoms. The summed E-state index contributed by atoms with van der Waals surface area (Å²) in [6.07, 6.45) is 2.90. The molecule has 6 atom stereocenters. The van der Waals surface area contributed by atoms with Crippen molar-refractivity contribution >= 4 is 40.9 Å². The van der Waals surface area contributed by atoms with E-state index in [2.05, 4.69) is 0 Å². The molecule has 8 rings (SSSR count). The van der Waals surface area contributed by atoms with Crippen LogP contribution in [-0.4, -0.2) is 45.3 Å². The van der Waals surface area contributed by atoms with Crippen LogP contribution in [0.25, 0.3) is 0 Å². The maximum absolute atomic E-state index is 15.2. The van der Waals surface area contributed by atoms with Crippen molar-refractivity contribution in [2.45, 2.75) is 30.6 Å². The molecule has 2 N–H and O–H groups in total. The lowest BCUT2D eigenvalue weighted by Gasteiger charge is -2.50. The number of aromatic hydroxyl groups is 2. The number of hydrogen-bond acceptors (Lipinski definition) is 6. The Hall–Kier alpha value is -5.21. The average molecular weight is 673 g/mol. The number of carbonyl (C=O) groups excluding carboxylic acids is 4. The first-order valence-corrected chi connectivity index (χ1v) is 16.9. The molecule has 0 unspecified atom stereocenters. The van der Waals surface area contributed by atoms with E-state index in [4.69, 9.17) is 11.6 Å². The van der Waals surface area contributed by atoms with Crippen molar-refractivity contribution in [3.8, 4) is 11.5 Å². The van der Waals surface area contributed by atoms with E-state index in [1.807, 2.05) is 36.4 Å². The molecule has 9 heteroatoms. The number of halogens is 1. The standard InChI is InChI=1S/C40H33ClN2O6/c41-25-9-6-10-26(21-25)43-37(47)32-22-31-28(17-18-30-34(31)38(48)42(36(30)46)20-19-23-13-15-27(44)16-14-23)35(29-11-4-5-12-33(29)45)40(32,39(43)49)24-7-2-1-3-8-24/h1-17,21,30-32,34-35,44-45H,18-20,22H2/t30-,31+,32-,34-,35+,40+/m0/s1. The zero-order chi connectivity index (χ0) is 34.0. The molecular formula is C40H33ClN2O6. The number of anilines is 1. The summed E-state index contributed by atoms with van der Waals surface area (Å²) in [6.45, 7) is 0.192. The number of rotatable bonds is 6. The van der Waals surface area contributed by atoms with Gasteiger partial charge in [-0.25, -0.2) is 4.90 Å². The Morgan fingerprint density at radius 1 is 0.776 bits per heavy atom. The van der Waals surface area contributed by atoms with Gasteiger partial charge in [0.05, 0.1) is 28.9 Å². The molecule has 3 fully saturated rings. The van der Waals surface area contributed by atoms with Gasteiger partial charge in [0.25, 0.3) is 0 Å². The molecule has 246 valence electrons. The Kier molecular flexibility index (Phi) is 7.45. The number of nitrogens with zero attached hydrogens (tertiary/aromatic N) is 2. The van der Waals surface area contributed by atoms with E-state index in [9.17, 15) is 24.6 Å². The van der Waals surface area contributed by atoms with Gasteiger partial charge in [-0.1, -0.05) is 90.0 Å². The van der Waals surface area contributed by atoms with Crippen LogP contribution in [0, 0.1) is 23.7 Å². The highest BCUT2D eigenvalue weighted by Gasteiger charge is 2.70. The van der Waals surface area contributed by atoms with Gasteiger partial charge in [-0.3, -0.25) is 24.1 Å². The van der Waals surface area contributed by atoms with E-state index in [0.29, 0.717) is 34.7 Å². The minimum atomic E-state index is -1.45. The van der Waals surface area contributed by atoms with E-state index in [1.54, 1.807) is 72.8 Å². The lowest BCUT2D eigenvalue weighted by atomic mass is 9.49. The number of fused-ring (bicyclic) bond motifs is 4. The number of phenols is 2. The predicted octanol–water partition coefficient (Wildman–Crippen LogP) is 6.16. The van der Waals surface area contributed by atoms with Crippen molar-refractivity contribution in [1.82, 2.24) is 4.90 Å². The summed E-state index contributed by atoms with van der Waals surface area (Å²) < 4.78 is 0. The van der Waals surface area contributed by atoms with Crippen LogP contribution in [0.4, 0.5) is 5.69 Å². The summed E-state index contributed by atoms with van der Waals surface area (Å²) >= 11 is 6.37. The molecule has 2 aliphatic carbocycles. The van der Waals surface area contributed by atoms with Crippen LogP contribution in [0.2, 0.25) is 5.02 Å². The summed E-state index contributed by atoms with van der Waals surface area (Å²) in [5.74, 6) is -4.74. The smallest absolute Gasteiger partial charge is 0.246 e. The highest BCUT2D eigenvalue weighted by atomic mass is 35.5. The Bertz CT molecular complexity index is 2050. The van der Waals surface area contributed by atoms with Gasteiger partial charge in [-0.2, -0.15) is 0 Å². The Morgan fingerprint density at radius 2 is 1.51 bits per heavy atom. The average Bonchev–Trinajstić information content (AvgIpc) is 3.49. The lowest BCUT2D eigenvalue weighted by Crippen LogP contribution is -2.53. The van der Waals surface area contributed by atoms with E-state index in [1.165, 1.54) is 9.80 Å². The first-order valence-electron chi connectivity index (χ1n) is 16.5. The molecule has 8 nitrogen and oxygen atoms in total. The maximum atomic E-state index is 15.2. The van der Waals surface area contributed by atoms with Gasteiger partial charge in [0, 0.05) is 23.0 Å². The first kappa shape index (κ1) is 31.1. The molecule has 1 saturated carbocycles. The minimum absolute atomic E-state index is 0.0176. The van der Waals surface area contributed by atoms with Crippen LogP contribution in [0.3, 0.4) is 0 Å². The fourth-order valence-corrected chi connectivity index (χ4v) is 9.19. The Balaban J connectivity index is 1.27. The van der Waals surface area contributed by atoms with Crippen molar-refractivity contribution < 1.29 is 29.4 Å². The lowest BCUT2D eigenvalue weighted by molar-refractivity contribution is -0.140. The Morgan fingerprint density at radius 3 is 2.24 bits per heavy atom. The second-order valence-electron chi connectivity index (χ2n) is 13.4. The van der Waals surface area contributed by atoms with Crippen LogP contribution < -0.4 is 4.90 Å². The van der Waals surface area contributed by atoms with Crippen LogP contribution >= 0.6 is 11.6 Å². The summed E-state index contributed by atoms with van der Waals surface area (Å²) in [4.78, 5) is 60.7. The largest absolute Gasteiger partial charge is 0.508 e. The van der Waals surface area contributed by atoms with Crippen molar-refractivity contribution in [3.63, 3.8) is 0 Å². The van der Waals surface area contributed by atoms with E-state index in [0.717, 1.165) is 11.1 Å². The summed E-state index contributed by atoms with van der Waals surface area (Å²) in [5, 5.41) is 21.5. The molecule has 0 aromatic heterocycles. The fourth-order valence-electron chi connectivity index (χ4n) is 9.01. The molecule has 49 heavy (non-hydrogen) atoms. The monoisotopic (exact) mass is 672 g/mol. The highest BCUT2D eigenvalue weighted by Crippen LogP contribution is 2.65. The van der Waals surface area contributed by atoms with Gasteiger partial charge in [-0.05, 0) is 72.7 Å². The topological polar surface area (TPSA) is 115 Å². The SMILES string of the molecule is O=C1[C@H]2[C@H](CC=C3[C@H]2C[C@H]2C(=O)N(c4cccc(Cl)c4)C(=O)[C@@]2(c2ccccc2)[C@H]3c2ccccc2O)C(=O)N1CCc1ccc(O)cc1. The van der Waals surface area contributed by atoms with E-state index >= 15 is 4.79 Å². The number of imide groups is 2. The zero-order valence-corrected chi connectivity index (χ0v) is 27.2. The molecule has 2 saturated heterocycles. The van der Waals surface area contributed by atoms with Crippen molar-refractivity contribution in [3.05, 3.63) is 136 Å². The molecule has 4 aromatic carbocycles. The number of allylic oxidation sites excluding steroid dienone is 2. The number of para-hydroxylation sites is 1. The van der Waals surface area contributed by atoms with Gasteiger partial charge in [0.2, 0.25) is 23.6 Å². The second kappa shape index (κ2) is 11.7. The van der Waals surface area contributed by atoms with Crippen LogP contribution in [-0.2, 0) is 31.0 Å². The number of carbonyl (C=O) groups is 4. The van der Waals surface area contributed by atoms with Crippen molar-refractivity contribution in [1.29, 1.82) is 0 Å². The first-order chi connectivity index (χ1) is 23.7. The van der Waals surface area contributed by atoms with Crippen molar-refractivity contribution in [2.75, 3.05) is 11.4 Å². The molecular weight excluding hydrogens is 640 g/mol. The number of hydrogen-bond donors (Lipinski definition) is 2. The molecule has 2 aliphatic heterocycles. The van der Waals surface area contributed by atoms with Crippen LogP contribution in [0.5, 0.6) is 11.5 Å². The highest BCUT2D eigenvalue weighted by molar-refractivity contribution is 6.32. The van der Waals surface area contributed by atoms with Gasteiger partial charge < -0.3 is 10.2 Å². The predicted molar refractivity (Wildman–Crippen MR) is 183 cm³/mol. The summed E-state index contributed by atoms with van der Waals surface area (Å²) in [7, 11) is 0. The number of phenolic OH excluding ortho intramolecular Hbond substituents is 2. The van der Waals surface area contributed by atoms with Crippen LogP contribution in [0.1, 0.15) is 35.4 Å². The third kappa shape index (κ3) is 4.65. The van der Waals surface area contributed by atoms with E-state index < -0.39 is 46.8 Å². The zero-order valence-electron chi connectivity index (χ0n) is 26.4. The van der Waals surface area contributed by atoms with Gasteiger partial charge in [-0.15, -0.1) is 0 Å². The van der Waals surface area contributed by atoms with Gasteiger partial charge in [0.1, 0.15) is 11.5 Å². The van der Waals surface area contributed by atoms with Gasteiger partial charge >= 0.3 is 0 Å². The third-order valence-electron chi connectivity index (χ3n) is 11.1. The number of likely N-dealkylation sites (tertiary alicyclic amines) is 1. The molecule has 4 amide bonds. The second-order valence-corrected chi connectivity index (χ2v) is 13.8.